The van der Waals surface area contributed by atoms with Gasteiger partial charge in [0.2, 0.25) is 41.4 Å². The van der Waals surface area contributed by atoms with Crippen molar-refractivity contribution in [2.45, 2.75) is 147 Å². The number of aliphatic imine (C=N–C) groups is 1. The van der Waals surface area contributed by atoms with E-state index in [0.29, 0.717) is 37.0 Å². The van der Waals surface area contributed by atoms with E-state index in [4.69, 9.17) is 28.7 Å². The zero-order chi connectivity index (χ0) is 54.5. The van der Waals surface area contributed by atoms with E-state index in [0.717, 1.165) is 0 Å². The Balaban J connectivity index is 3.49. The van der Waals surface area contributed by atoms with Crippen LogP contribution in [0, 0.1) is 11.8 Å². The molecule has 0 spiro atoms. The van der Waals surface area contributed by atoms with Gasteiger partial charge >= 0.3 is 11.9 Å². The highest BCUT2D eigenvalue weighted by molar-refractivity contribution is 7.98. The molecule has 0 fully saturated rings. The van der Waals surface area contributed by atoms with Gasteiger partial charge in [0.25, 0.3) is 0 Å². The maximum absolute atomic E-state index is 14.2. The number of thioether (sulfide) groups is 1. The second-order valence-electron chi connectivity index (χ2n) is 18.0. The topological polar surface area (TPSA) is 441 Å². The maximum Gasteiger partial charge on any atom is 0.326 e. The van der Waals surface area contributed by atoms with E-state index in [-0.39, 0.29) is 69.9 Å². The molecule has 1 rings (SSSR count). The molecule has 0 saturated heterocycles. The van der Waals surface area contributed by atoms with Crippen LogP contribution >= 0.6 is 11.8 Å². The molecule has 0 aromatic heterocycles. The molecule has 0 unspecified atom stereocenters. The summed E-state index contributed by atoms with van der Waals surface area (Å²) in [7, 11) is 0. The number of carboxylic acids is 2. The normalized spacial score (nSPS) is 14.5. The number of carbonyl (C=O) groups excluding carboxylic acids is 7. The quantitative estimate of drug-likeness (QED) is 0.0189. The van der Waals surface area contributed by atoms with Crippen LogP contribution in [0.25, 0.3) is 0 Å². The first-order valence-corrected chi connectivity index (χ1v) is 25.4. The van der Waals surface area contributed by atoms with E-state index in [1.54, 1.807) is 34.0 Å². The Morgan fingerprint density at radius 3 is 1.47 bits per heavy atom. The number of phenols is 1. The zero-order valence-electron chi connectivity index (χ0n) is 41.9. The standard InChI is InChI=1S/C46H79N13O12S/c1-25(2)36(59-42(67)33(23-27-14-16-28(60)17-15-27)57-41(66)34(24-35(61)62)56-38(63)29(49)11-10-21-52-46(50)51)43(68)54-30(12-6-8-19-47)39(64)53-31(13-7-9-20-48)40(65)58-37(26(3)4)44(69)55-32(45(70)71)18-22-72-5/h14-17,25-26,29-34,36-37,60H,6-13,18-24,47-49H2,1-5H3,(H,53,64)(H,54,68)(H,55,69)(H,56,63)(H,57,66)(H,58,65)(H,59,67)(H,61,62)(H,70,71)(H4,50,51,52)/t29-,30-,31-,32-,33-,34-,36-,37-/m0/s1. The molecule has 20 N–H and O–H groups in total. The van der Waals surface area contributed by atoms with Crippen molar-refractivity contribution in [1.82, 2.24) is 37.2 Å². The summed E-state index contributed by atoms with van der Waals surface area (Å²) in [5.74, 6) is -9.53. The number of rotatable bonds is 36. The molecule has 406 valence electrons. The fraction of sp³-hybridized carbons (Fsp3) is 0.652. The first-order valence-electron chi connectivity index (χ1n) is 24.0. The highest BCUT2D eigenvalue weighted by atomic mass is 32.2. The minimum Gasteiger partial charge on any atom is -0.508 e. The van der Waals surface area contributed by atoms with Crippen LogP contribution < -0.4 is 65.9 Å². The molecule has 8 atom stereocenters. The zero-order valence-corrected chi connectivity index (χ0v) is 42.8. The van der Waals surface area contributed by atoms with Gasteiger partial charge in [0.05, 0.1) is 12.5 Å². The summed E-state index contributed by atoms with van der Waals surface area (Å²) in [5, 5.41) is 47.3. The van der Waals surface area contributed by atoms with E-state index in [2.05, 4.69) is 42.2 Å². The number of carboxylic acid groups (broad SMARTS) is 2. The monoisotopic (exact) mass is 1040 g/mol. The van der Waals surface area contributed by atoms with Gasteiger partial charge in [-0.2, -0.15) is 11.8 Å². The predicted molar refractivity (Wildman–Crippen MR) is 272 cm³/mol. The summed E-state index contributed by atoms with van der Waals surface area (Å²) in [5.41, 5.74) is 28.6. The maximum atomic E-state index is 14.2. The number of aliphatic carboxylic acids is 2. The molecule has 7 amide bonds. The van der Waals surface area contributed by atoms with Crippen molar-refractivity contribution in [1.29, 1.82) is 0 Å². The molecule has 26 heteroatoms. The summed E-state index contributed by atoms with van der Waals surface area (Å²) in [6.45, 7) is 7.25. The molecular weight excluding hydrogens is 959 g/mol. The van der Waals surface area contributed by atoms with E-state index in [1.165, 1.54) is 36.0 Å². The predicted octanol–water partition coefficient (Wildman–Crippen LogP) is -2.41. The second-order valence-corrected chi connectivity index (χ2v) is 19.0. The van der Waals surface area contributed by atoms with E-state index < -0.39 is 120 Å². The highest BCUT2D eigenvalue weighted by Crippen LogP contribution is 2.14. The minimum absolute atomic E-state index is 0.0461. The SMILES string of the molecule is CSCC[C@H](NC(=O)[C@@H](NC(=O)[C@H](CCCCN)NC(=O)[C@H](CCCCN)NC(=O)[C@@H](NC(=O)[C@H](Cc1ccc(O)cc1)NC(=O)[C@H](CC(=O)O)NC(=O)[C@@H](N)CCCN=C(N)N)C(C)C)C(C)C)C(=O)O. The minimum atomic E-state index is -1.71. The fourth-order valence-electron chi connectivity index (χ4n) is 7.05. The average Bonchev–Trinajstić information content (AvgIpc) is 3.31. The van der Waals surface area contributed by atoms with Crippen molar-refractivity contribution < 1.29 is 58.5 Å². The Bertz CT molecular complexity index is 1960. The van der Waals surface area contributed by atoms with Crippen molar-refractivity contribution in [3.8, 4) is 5.75 Å². The number of guanidine groups is 1. The lowest BCUT2D eigenvalue weighted by molar-refractivity contribution is -0.142. The number of nitrogens with two attached hydrogens (primary N) is 5. The van der Waals surface area contributed by atoms with Crippen molar-refractivity contribution in [2.75, 3.05) is 31.6 Å². The molecule has 0 aliphatic carbocycles. The van der Waals surface area contributed by atoms with Crippen LogP contribution in [0.5, 0.6) is 5.75 Å². The van der Waals surface area contributed by atoms with Gasteiger partial charge in [-0.3, -0.25) is 43.3 Å². The Labute approximate surface area is 424 Å². The van der Waals surface area contributed by atoms with Crippen molar-refractivity contribution in [2.24, 2.45) is 45.5 Å². The smallest absolute Gasteiger partial charge is 0.326 e. The Hall–Kier alpha value is -6.25. The van der Waals surface area contributed by atoms with Crippen LogP contribution in [0.2, 0.25) is 0 Å². The molecule has 25 nitrogen and oxygen atoms in total. The van der Waals surface area contributed by atoms with E-state index in [1.807, 2.05) is 0 Å². The van der Waals surface area contributed by atoms with Gasteiger partial charge in [-0.05, 0) is 112 Å². The number of nitrogens with one attached hydrogen (secondary N) is 7. The number of benzene rings is 1. The first kappa shape index (κ1) is 63.8. The summed E-state index contributed by atoms with van der Waals surface area (Å²) in [6, 6.07) is -5.03. The number of nitrogens with zero attached hydrogens (tertiary/aromatic N) is 1. The lowest BCUT2D eigenvalue weighted by atomic mass is 9.99. The van der Waals surface area contributed by atoms with Crippen molar-refractivity contribution in [3.05, 3.63) is 29.8 Å². The Morgan fingerprint density at radius 2 is 1.01 bits per heavy atom. The van der Waals surface area contributed by atoms with Crippen LogP contribution in [0.15, 0.2) is 29.3 Å². The number of hydrogen-bond donors (Lipinski definition) is 15. The summed E-state index contributed by atoms with van der Waals surface area (Å²) >= 11 is 1.41. The average molecular weight is 1040 g/mol. The van der Waals surface area contributed by atoms with Crippen LogP contribution in [-0.2, 0) is 49.6 Å². The lowest BCUT2D eigenvalue weighted by Crippen LogP contribution is -2.61. The number of aromatic hydroxyl groups is 1. The van der Waals surface area contributed by atoms with Gasteiger partial charge in [0, 0.05) is 13.0 Å². The highest BCUT2D eigenvalue weighted by Gasteiger charge is 2.36. The van der Waals surface area contributed by atoms with Crippen LogP contribution in [0.1, 0.15) is 97.5 Å². The Morgan fingerprint density at radius 1 is 0.569 bits per heavy atom. The third kappa shape index (κ3) is 24.7. The number of carbonyl (C=O) groups is 9. The van der Waals surface area contributed by atoms with Gasteiger partial charge in [-0.15, -0.1) is 0 Å². The summed E-state index contributed by atoms with van der Waals surface area (Å²) in [6.07, 6.45) is 2.97. The lowest BCUT2D eigenvalue weighted by Gasteiger charge is -2.29. The van der Waals surface area contributed by atoms with Crippen molar-refractivity contribution in [3.63, 3.8) is 0 Å². The molecule has 0 heterocycles. The van der Waals surface area contributed by atoms with Gasteiger partial charge in [0.1, 0.15) is 48.0 Å². The van der Waals surface area contributed by atoms with Gasteiger partial charge in [0.15, 0.2) is 5.96 Å². The summed E-state index contributed by atoms with van der Waals surface area (Å²) in [4.78, 5) is 124. The molecule has 0 bridgehead atoms. The van der Waals surface area contributed by atoms with Crippen molar-refractivity contribution >= 4 is 71.0 Å². The molecule has 0 aliphatic heterocycles. The number of hydrogen-bond acceptors (Lipinski definition) is 15. The van der Waals surface area contributed by atoms with E-state index >= 15 is 0 Å². The number of phenolic OH excluding ortho intramolecular Hbond substituents is 1. The molecule has 72 heavy (non-hydrogen) atoms. The molecular formula is C46H79N13O12S. The van der Waals surface area contributed by atoms with Crippen LogP contribution in [0.3, 0.4) is 0 Å². The van der Waals surface area contributed by atoms with Crippen LogP contribution in [0.4, 0.5) is 0 Å². The number of amides is 7. The molecule has 1 aromatic rings. The summed E-state index contributed by atoms with van der Waals surface area (Å²) < 4.78 is 0. The van der Waals surface area contributed by atoms with Crippen LogP contribution in [-0.4, -0.2) is 155 Å². The number of unbranched alkanes of at least 4 members (excludes halogenated alkanes) is 2. The second kappa shape index (κ2) is 34.2. The molecule has 0 saturated carbocycles. The first-order chi connectivity index (χ1) is 33.9. The van der Waals surface area contributed by atoms with Gasteiger partial charge < -0.3 is 81.2 Å². The molecule has 0 radical (unpaired) electrons. The fourth-order valence-corrected chi connectivity index (χ4v) is 7.52. The third-order valence-electron chi connectivity index (χ3n) is 11.2. The third-order valence-corrected chi connectivity index (χ3v) is 11.8. The van der Waals surface area contributed by atoms with Gasteiger partial charge in [-0.25, -0.2) is 4.79 Å². The van der Waals surface area contributed by atoms with E-state index in [9.17, 15) is 58.5 Å². The Kier molecular flexibility index (Phi) is 30.3. The molecule has 1 aromatic carbocycles. The molecule has 0 aliphatic rings. The largest absolute Gasteiger partial charge is 0.508 e. The van der Waals surface area contributed by atoms with Gasteiger partial charge in [-0.1, -0.05) is 39.8 Å².